The van der Waals surface area contributed by atoms with Crippen LogP contribution in [0.15, 0.2) is 53.0 Å². The summed E-state index contributed by atoms with van der Waals surface area (Å²) in [6, 6.07) is 16.7. The van der Waals surface area contributed by atoms with Crippen molar-refractivity contribution in [1.82, 2.24) is 0 Å². The minimum absolute atomic E-state index is 0.847. The van der Waals surface area contributed by atoms with E-state index in [1.54, 1.807) is 0 Å². The summed E-state index contributed by atoms with van der Waals surface area (Å²) in [7, 11) is 0. The van der Waals surface area contributed by atoms with Crippen LogP contribution < -0.4 is 5.32 Å². The molecule has 0 bridgehead atoms. The Bertz CT molecular complexity index is 439. The Hall–Kier alpha value is -0.550. The predicted octanol–water partition coefficient (Wildman–Crippen LogP) is 4.67. The number of nitrogens with one attached hydrogen (secondary N) is 1. The van der Waals surface area contributed by atoms with Gasteiger partial charge >= 0.3 is 0 Å². The van der Waals surface area contributed by atoms with E-state index in [1.807, 2.05) is 6.07 Å². The smallest absolute Gasteiger partial charge is 0.0401 e. The van der Waals surface area contributed by atoms with Crippen LogP contribution in [0.3, 0.4) is 0 Å². The molecule has 0 aliphatic heterocycles. The van der Waals surface area contributed by atoms with Gasteiger partial charge in [-0.25, -0.2) is 0 Å². The Labute approximate surface area is 118 Å². The summed E-state index contributed by atoms with van der Waals surface area (Å²) in [6.07, 6.45) is 0. The van der Waals surface area contributed by atoms with E-state index in [1.165, 1.54) is 9.13 Å². The minimum Gasteiger partial charge on any atom is -0.381 e. The van der Waals surface area contributed by atoms with Crippen molar-refractivity contribution in [2.24, 2.45) is 0 Å². The monoisotopic (exact) mass is 387 g/mol. The minimum atomic E-state index is 0.847. The Morgan fingerprint density at radius 2 is 1.88 bits per heavy atom. The molecule has 3 heteroatoms. The van der Waals surface area contributed by atoms with Gasteiger partial charge < -0.3 is 5.32 Å². The van der Waals surface area contributed by atoms with Crippen LogP contribution in [0, 0.1) is 3.57 Å². The summed E-state index contributed by atoms with van der Waals surface area (Å²) in [5.41, 5.74) is 2.43. The molecule has 0 atom stereocenters. The number of rotatable bonds is 3. The van der Waals surface area contributed by atoms with Crippen molar-refractivity contribution >= 4 is 44.2 Å². The highest BCUT2D eigenvalue weighted by Crippen LogP contribution is 2.15. The summed E-state index contributed by atoms with van der Waals surface area (Å²) in [5, 5.41) is 3.40. The van der Waals surface area contributed by atoms with Crippen LogP contribution in [0.1, 0.15) is 5.56 Å². The van der Waals surface area contributed by atoms with Crippen molar-refractivity contribution < 1.29 is 0 Å². The van der Waals surface area contributed by atoms with E-state index in [9.17, 15) is 0 Å². The molecule has 0 heterocycles. The van der Waals surface area contributed by atoms with Crippen LogP contribution in [0.2, 0.25) is 0 Å². The van der Waals surface area contributed by atoms with Gasteiger partial charge in [-0.1, -0.05) is 34.1 Å². The number of halogens is 2. The standard InChI is InChI=1S/C13H11BrIN/c14-11-4-1-3-10(7-11)9-16-13-6-2-5-12(15)8-13/h1-8,16H,9H2. The lowest BCUT2D eigenvalue weighted by Gasteiger charge is -2.07. The predicted molar refractivity (Wildman–Crippen MR) is 80.6 cm³/mol. The molecule has 82 valence electrons. The van der Waals surface area contributed by atoms with Gasteiger partial charge in [0.05, 0.1) is 0 Å². The largest absolute Gasteiger partial charge is 0.381 e. The van der Waals surface area contributed by atoms with Crippen molar-refractivity contribution in [2.75, 3.05) is 5.32 Å². The molecule has 0 aliphatic carbocycles. The van der Waals surface area contributed by atoms with Crippen LogP contribution in [0.25, 0.3) is 0 Å². The van der Waals surface area contributed by atoms with Gasteiger partial charge in [0.2, 0.25) is 0 Å². The molecule has 0 saturated carbocycles. The van der Waals surface area contributed by atoms with E-state index in [4.69, 9.17) is 0 Å². The third kappa shape index (κ3) is 3.49. The molecule has 0 spiro atoms. The van der Waals surface area contributed by atoms with E-state index in [0.29, 0.717) is 0 Å². The molecular weight excluding hydrogens is 377 g/mol. The molecule has 0 aliphatic rings. The van der Waals surface area contributed by atoms with E-state index >= 15 is 0 Å². The van der Waals surface area contributed by atoms with E-state index in [-0.39, 0.29) is 0 Å². The van der Waals surface area contributed by atoms with Gasteiger partial charge in [0.1, 0.15) is 0 Å². The molecule has 0 radical (unpaired) electrons. The van der Waals surface area contributed by atoms with Crippen LogP contribution in [-0.4, -0.2) is 0 Å². The van der Waals surface area contributed by atoms with E-state index < -0.39 is 0 Å². The first-order chi connectivity index (χ1) is 7.74. The van der Waals surface area contributed by atoms with Gasteiger partial charge in [-0.15, -0.1) is 0 Å². The van der Waals surface area contributed by atoms with Crippen LogP contribution >= 0.6 is 38.5 Å². The summed E-state index contributed by atoms with van der Waals surface area (Å²) in [4.78, 5) is 0. The molecule has 1 N–H and O–H groups in total. The maximum atomic E-state index is 3.47. The lowest BCUT2D eigenvalue weighted by atomic mass is 10.2. The molecule has 2 aromatic rings. The van der Waals surface area contributed by atoms with Crippen molar-refractivity contribution in [3.63, 3.8) is 0 Å². The SMILES string of the molecule is Brc1cccc(CNc2cccc(I)c2)c1. The first kappa shape index (κ1) is 11.9. The zero-order chi connectivity index (χ0) is 11.4. The Morgan fingerprint density at radius 1 is 1.06 bits per heavy atom. The van der Waals surface area contributed by atoms with Gasteiger partial charge in [-0.2, -0.15) is 0 Å². The highest BCUT2D eigenvalue weighted by Gasteiger charge is 1.95. The molecule has 0 aromatic heterocycles. The number of benzene rings is 2. The number of hydrogen-bond donors (Lipinski definition) is 1. The third-order valence-corrected chi connectivity index (χ3v) is 3.37. The van der Waals surface area contributed by atoms with E-state index in [0.717, 1.165) is 16.7 Å². The molecule has 16 heavy (non-hydrogen) atoms. The number of hydrogen-bond acceptors (Lipinski definition) is 1. The molecule has 1 nitrogen and oxygen atoms in total. The van der Waals surface area contributed by atoms with E-state index in [2.05, 4.69) is 86.3 Å². The first-order valence-corrected chi connectivity index (χ1v) is 6.85. The fourth-order valence-electron chi connectivity index (χ4n) is 1.45. The molecule has 2 aromatic carbocycles. The summed E-state index contributed by atoms with van der Waals surface area (Å²) >= 11 is 5.79. The van der Waals surface area contributed by atoms with Crippen molar-refractivity contribution in [3.8, 4) is 0 Å². The molecule has 0 saturated heterocycles. The topological polar surface area (TPSA) is 12.0 Å². The van der Waals surface area contributed by atoms with Gasteiger partial charge in [-0.3, -0.25) is 0 Å². The number of anilines is 1. The second-order valence-electron chi connectivity index (χ2n) is 3.49. The fraction of sp³-hybridized carbons (Fsp3) is 0.0769. The zero-order valence-corrected chi connectivity index (χ0v) is 12.3. The highest BCUT2D eigenvalue weighted by atomic mass is 127. The highest BCUT2D eigenvalue weighted by molar-refractivity contribution is 14.1. The Balaban J connectivity index is 2.02. The summed E-state index contributed by atoms with van der Waals surface area (Å²) in [6.45, 7) is 0.847. The second kappa shape index (κ2) is 5.68. The van der Waals surface area contributed by atoms with Crippen molar-refractivity contribution in [1.29, 1.82) is 0 Å². The summed E-state index contributed by atoms with van der Waals surface area (Å²) < 4.78 is 2.37. The molecule has 0 amide bonds. The van der Waals surface area contributed by atoms with Crippen LogP contribution in [0.4, 0.5) is 5.69 Å². The Kier molecular flexibility index (Phi) is 4.23. The van der Waals surface area contributed by atoms with Gasteiger partial charge in [-0.05, 0) is 58.5 Å². The molecule has 0 fully saturated rings. The maximum Gasteiger partial charge on any atom is 0.0401 e. The normalized spacial score (nSPS) is 10.1. The van der Waals surface area contributed by atoms with Crippen molar-refractivity contribution in [2.45, 2.75) is 6.54 Å². The summed E-state index contributed by atoms with van der Waals surface area (Å²) in [5.74, 6) is 0. The maximum absolute atomic E-state index is 3.47. The lowest BCUT2D eigenvalue weighted by Crippen LogP contribution is -1.99. The van der Waals surface area contributed by atoms with Gasteiger partial charge in [0.25, 0.3) is 0 Å². The van der Waals surface area contributed by atoms with Gasteiger partial charge in [0.15, 0.2) is 0 Å². The van der Waals surface area contributed by atoms with Crippen LogP contribution in [-0.2, 0) is 6.54 Å². The molecule has 0 unspecified atom stereocenters. The van der Waals surface area contributed by atoms with Gasteiger partial charge in [0, 0.05) is 20.3 Å². The Morgan fingerprint density at radius 3 is 2.62 bits per heavy atom. The molecule has 2 rings (SSSR count). The third-order valence-electron chi connectivity index (χ3n) is 2.21. The van der Waals surface area contributed by atoms with Crippen molar-refractivity contribution in [3.05, 3.63) is 62.1 Å². The zero-order valence-electron chi connectivity index (χ0n) is 8.58. The first-order valence-electron chi connectivity index (χ1n) is 4.98. The quantitative estimate of drug-likeness (QED) is 0.755. The molecular formula is C13H11BrIN. The van der Waals surface area contributed by atoms with Crippen LogP contribution in [0.5, 0.6) is 0 Å². The fourth-order valence-corrected chi connectivity index (χ4v) is 2.44. The average Bonchev–Trinajstić information content (AvgIpc) is 2.27. The average molecular weight is 388 g/mol. The second-order valence-corrected chi connectivity index (χ2v) is 5.66. The lowest BCUT2D eigenvalue weighted by molar-refractivity contribution is 1.15.